The van der Waals surface area contributed by atoms with Crippen LogP contribution in [0.2, 0.25) is 0 Å². The van der Waals surface area contributed by atoms with Gasteiger partial charge in [-0.3, -0.25) is 9.78 Å². The van der Waals surface area contributed by atoms with Gasteiger partial charge in [0.05, 0.1) is 25.9 Å². The monoisotopic (exact) mass is 278 g/mol. The molecule has 0 bridgehead atoms. The Balaban J connectivity index is 1.80. The number of rotatable bonds is 7. The standard InChI is InChI=1S/C15H22N2O3/c1-2-19-8-5-15(18)17-14-11-20-10-13(14)9-12-3-6-16-7-4-12/h3-4,6-7,13-14H,2,5,8-11H2,1H3,(H,17,18)/t13-,14+/m1/s1. The van der Waals surface area contributed by atoms with E-state index >= 15 is 0 Å². The molecule has 1 aromatic rings. The predicted octanol–water partition coefficient (Wildman–Crippen LogP) is 1.18. The molecule has 5 heteroatoms. The summed E-state index contributed by atoms with van der Waals surface area (Å²) >= 11 is 0. The van der Waals surface area contributed by atoms with Crippen LogP contribution in [0.15, 0.2) is 24.5 Å². The lowest BCUT2D eigenvalue weighted by Gasteiger charge is -2.19. The van der Waals surface area contributed by atoms with Gasteiger partial charge in [0.25, 0.3) is 0 Å². The van der Waals surface area contributed by atoms with Crippen molar-refractivity contribution in [2.45, 2.75) is 25.8 Å². The van der Waals surface area contributed by atoms with Crippen LogP contribution >= 0.6 is 0 Å². The van der Waals surface area contributed by atoms with Crippen LogP contribution in [0.25, 0.3) is 0 Å². The Morgan fingerprint density at radius 3 is 3.00 bits per heavy atom. The molecule has 1 aliphatic heterocycles. The summed E-state index contributed by atoms with van der Waals surface area (Å²) in [6.07, 6.45) is 4.90. The van der Waals surface area contributed by atoms with Crippen molar-refractivity contribution in [2.75, 3.05) is 26.4 Å². The molecule has 2 rings (SSSR count). The van der Waals surface area contributed by atoms with Gasteiger partial charge in [-0.15, -0.1) is 0 Å². The van der Waals surface area contributed by atoms with Gasteiger partial charge in [-0.05, 0) is 31.0 Å². The average molecular weight is 278 g/mol. The van der Waals surface area contributed by atoms with Crippen molar-refractivity contribution in [3.05, 3.63) is 30.1 Å². The van der Waals surface area contributed by atoms with Crippen molar-refractivity contribution in [3.63, 3.8) is 0 Å². The lowest BCUT2D eigenvalue weighted by molar-refractivity contribution is -0.123. The maximum Gasteiger partial charge on any atom is 0.222 e. The minimum atomic E-state index is 0.0358. The summed E-state index contributed by atoms with van der Waals surface area (Å²) in [4.78, 5) is 15.8. The average Bonchev–Trinajstić information content (AvgIpc) is 2.87. The van der Waals surface area contributed by atoms with E-state index in [1.54, 1.807) is 12.4 Å². The first-order chi connectivity index (χ1) is 9.79. The van der Waals surface area contributed by atoms with Gasteiger partial charge in [0.1, 0.15) is 0 Å². The highest BCUT2D eigenvalue weighted by Gasteiger charge is 2.29. The molecular weight excluding hydrogens is 256 g/mol. The highest BCUT2D eigenvalue weighted by molar-refractivity contribution is 5.76. The van der Waals surface area contributed by atoms with Crippen molar-refractivity contribution in [1.82, 2.24) is 10.3 Å². The number of ether oxygens (including phenoxy) is 2. The number of aromatic nitrogens is 1. The molecule has 0 radical (unpaired) electrons. The number of carbonyl (C=O) groups is 1. The molecule has 0 saturated carbocycles. The van der Waals surface area contributed by atoms with E-state index in [0.29, 0.717) is 38.8 Å². The van der Waals surface area contributed by atoms with Crippen molar-refractivity contribution < 1.29 is 14.3 Å². The third-order valence-corrected chi connectivity index (χ3v) is 3.47. The quantitative estimate of drug-likeness (QED) is 0.761. The Bertz CT molecular complexity index is 411. The van der Waals surface area contributed by atoms with Gasteiger partial charge >= 0.3 is 0 Å². The van der Waals surface area contributed by atoms with Gasteiger partial charge in [-0.25, -0.2) is 0 Å². The Labute approximate surface area is 119 Å². The fourth-order valence-electron chi connectivity index (χ4n) is 2.37. The van der Waals surface area contributed by atoms with E-state index < -0.39 is 0 Å². The van der Waals surface area contributed by atoms with E-state index in [4.69, 9.17) is 9.47 Å². The van der Waals surface area contributed by atoms with Crippen LogP contribution in [0.3, 0.4) is 0 Å². The van der Waals surface area contributed by atoms with Gasteiger partial charge in [-0.2, -0.15) is 0 Å². The van der Waals surface area contributed by atoms with Gasteiger partial charge in [-0.1, -0.05) is 0 Å². The highest BCUT2D eigenvalue weighted by Crippen LogP contribution is 2.19. The lowest BCUT2D eigenvalue weighted by atomic mass is 9.95. The third-order valence-electron chi connectivity index (χ3n) is 3.47. The van der Waals surface area contributed by atoms with Crippen LogP contribution in [0.1, 0.15) is 18.9 Å². The minimum Gasteiger partial charge on any atom is -0.381 e. The molecule has 0 spiro atoms. The Hall–Kier alpha value is -1.46. The number of pyridine rings is 1. The van der Waals surface area contributed by atoms with E-state index in [2.05, 4.69) is 10.3 Å². The van der Waals surface area contributed by atoms with Crippen molar-refractivity contribution >= 4 is 5.91 Å². The topological polar surface area (TPSA) is 60.5 Å². The molecule has 1 aromatic heterocycles. The van der Waals surface area contributed by atoms with E-state index in [9.17, 15) is 4.79 Å². The summed E-state index contributed by atoms with van der Waals surface area (Å²) < 4.78 is 10.7. The Kier molecular flexibility index (Phi) is 5.95. The normalized spacial score (nSPS) is 21.9. The molecule has 0 aromatic carbocycles. The summed E-state index contributed by atoms with van der Waals surface area (Å²) in [7, 11) is 0. The molecule has 1 N–H and O–H groups in total. The highest BCUT2D eigenvalue weighted by atomic mass is 16.5. The first-order valence-corrected chi connectivity index (χ1v) is 7.13. The summed E-state index contributed by atoms with van der Waals surface area (Å²) in [6, 6.07) is 4.11. The van der Waals surface area contributed by atoms with Crippen LogP contribution < -0.4 is 5.32 Å². The van der Waals surface area contributed by atoms with E-state index in [-0.39, 0.29) is 11.9 Å². The molecule has 0 aliphatic carbocycles. The number of nitrogens with zero attached hydrogens (tertiary/aromatic N) is 1. The number of hydrogen-bond donors (Lipinski definition) is 1. The summed E-state index contributed by atoms with van der Waals surface area (Å²) in [6.45, 7) is 4.33. The molecule has 0 unspecified atom stereocenters. The second kappa shape index (κ2) is 7.97. The van der Waals surface area contributed by atoms with Gasteiger partial charge in [0, 0.05) is 31.3 Å². The molecule has 1 amide bonds. The number of amides is 1. The lowest BCUT2D eigenvalue weighted by Crippen LogP contribution is -2.40. The summed E-state index contributed by atoms with van der Waals surface area (Å²) in [5.74, 6) is 0.363. The first kappa shape index (κ1) is 14.9. The second-order valence-corrected chi connectivity index (χ2v) is 4.98. The van der Waals surface area contributed by atoms with E-state index in [1.165, 1.54) is 5.56 Å². The fourth-order valence-corrected chi connectivity index (χ4v) is 2.37. The van der Waals surface area contributed by atoms with Gasteiger partial charge in [0.2, 0.25) is 5.91 Å². The minimum absolute atomic E-state index is 0.0358. The fraction of sp³-hybridized carbons (Fsp3) is 0.600. The zero-order valence-electron chi connectivity index (χ0n) is 11.9. The maximum absolute atomic E-state index is 11.8. The molecule has 1 saturated heterocycles. The molecule has 2 heterocycles. The zero-order valence-corrected chi connectivity index (χ0v) is 11.9. The maximum atomic E-state index is 11.8. The summed E-state index contributed by atoms with van der Waals surface area (Å²) in [5.41, 5.74) is 1.23. The zero-order chi connectivity index (χ0) is 14.2. The largest absolute Gasteiger partial charge is 0.381 e. The van der Waals surface area contributed by atoms with Crippen molar-refractivity contribution in [1.29, 1.82) is 0 Å². The predicted molar refractivity (Wildman–Crippen MR) is 75.3 cm³/mol. The molecule has 5 nitrogen and oxygen atoms in total. The Morgan fingerprint density at radius 1 is 1.45 bits per heavy atom. The number of carbonyl (C=O) groups excluding carboxylic acids is 1. The van der Waals surface area contributed by atoms with Crippen LogP contribution in [0.4, 0.5) is 0 Å². The van der Waals surface area contributed by atoms with Crippen molar-refractivity contribution in [3.8, 4) is 0 Å². The van der Waals surface area contributed by atoms with Crippen LogP contribution in [-0.4, -0.2) is 43.4 Å². The number of hydrogen-bond acceptors (Lipinski definition) is 4. The van der Waals surface area contributed by atoms with E-state index in [0.717, 1.165) is 6.42 Å². The molecule has 20 heavy (non-hydrogen) atoms. The first-order valence-electron chi connectivity index (χ1n) is 7.13. The second-order valence-electron chi connectivity index (χ2n) is 4.98. The summed E-state index contributed by atoms with van der Waals surface area (Å²) in [5, 5.41) is 3.05. The molecule has 1 aliphatic rings. The Morgan fingerprint density at radius 2 is 2.25 bits per heavy atom. The SMILES string of the molecule is CCOCCC(=O)N[C@H]1COC[C@H]1Cc1ccncc1. The van der Waals surface area contributed by atoms with E-state index in [1.807, 2.05) is 19.1 Å². The molecular formula is C15H22N2O3. The number of nitrogens with one attached hydrogen (secondary N) is 1. The van der Waals surface area contributed by atoms with Gasteiger partial charge < -0.3 is 14.8 Å². The molecule has 110 valence electrons. The third kappa shape index (κ3) is 4.58. The molecule has 1 fully saturated rings. The van der Waals surface area contributed by atoms with Gasteiger partial charge in [0.15, 0.2) is 0 Å². The van der Waals surface area contributed by atoms with Crippen LogP contribution in [-0.2, 0) is 20.7 Å². The van der Waals surface area contributed by atoms with Crippen molar-refractivity contribution in [2.24, 2.45) is 5.92 Å². The molecule has 2 atom stereocenters. The van der Waals surface area contributed by atoms with Crippen LogP contribution in [0, 0.1) is 5.92 Å². The van der Waals surface area contributed by atoms with Crippen LogP contribution in [0.5, 0.6) is 0 Å². The smallest absolute Gasteiger partial charge is 0.222 e.